The van der Waals surface area contributed by atoms with E-state index in [9.17, 15) is 9.59 Å². The second-order valence-corrected chi connectivity index (χ2v) is 7.23. The molecule has 0 aromatic carbocycles. The highest BCUT2D eigenvalue weighted by Crippen LogP contribution is 2.23. The first kappa shape index (κ1) is 15.8. The molecule has 0 radical (unpaired) electrons. The number of nitrogens with one attached hydrogen (secondary N) is 1. The van der Waals surface area contributed by atoms with Gasteiger partial charge in [-0.3, -0.25) is 19.5 Å². The minimum Gasteiger partial charge on any atom is -0.340 e. The minimum atomic E-state index is -0.229. The van der Waals surface area contributed by atoms with Crippen molar-refractivity contribution in [2.24, 2.45) is 10.9 Å². The number of likely N-dealkylation sites (tertiary alicyclic amines) is 2. The Morgan fingerprint density at radius 2 is 2.36 bits per heavy atom. The lowest BCUT2D eigenvalue weighted by Gasteiger charge is -2.27. The number of hydrogen-bond acceptors (Lipinski definition) is 5. The fourth-order valence-corrected chi connectivity index (χ4v) is 4.25. The molecule has 1 N–H and O–H groups in total. The van der Waals surface area contributed by atoms with Crippen LogP contribution in [0.2, 0.25) is 0 Å². The van der Waals surface area contributed by atoms with Crippen molar-refractivity contribution in [3.05, 3.63) is 0 Å². The van der Waals surface area contributed by atoms with Crippen LogP contribution >= 0.6 is 11.8 Å². The fraction of sp³-hybridized carbons (Fsp3) is 0.800. The second-order valence-electron chi connectivity index (χ2n) is 6.15. The molecule has 3 aliphatic heterocycles. The Hall–Kier alpha value is -1.08. The summed E-state index contributed by atoms with van der Waals surface area (Å²) in [6.07, 6.45) is 2.70. The van der Waals surface area contributed by atoms with Crippen molar-refractivity contribution in [2.45, 2.75) is 32.2 Å². The highest BCUT2D eigenvalue weighted by atomic mass is 32.2. The number of carbonyl (C=O) groups excluding carboxylic acids is 2. The van der Waals surface area contributed by atoms with Gasteiger partial charge in [-0.15, -0.1) is 0 Å². The van der Waals surface area contributed by atoms with Gasteiger partial charge in [0.1, 0.15) is 0 Å². The zero-order valence-electron chi connectivity index (χ0n) is 13.1. The van der Waals surface area contributed by atoms with E-state index in [1.807, 2.05) is 4.90 Å². The quantitative estimate of drug-likeness (QED) is 0.820. The van der Waals surface area contributed by atoms with Crippen LogP contribution in [0.4, 0.5) is 0 Å². The third kappa shape index (κ3) is 3.46. The lowest BCUT2D eigenvalue weighted by Crippen LogP contribution is -2.41. The third-order valence-electron chi connectivity index (χ3n) is 4.74. The number of likely N-dealkylation sites (N-methyl/N-ethyl adjacent to an activating group) is 1. The predicted octanol–water partition coefficient (Wildman–Crippen LogP) is 0.538. The van der Waals surface area contributed by atoms with Gasteiger partial charge in [-0.05, 0) is 25.9 Å². The molecule has 2 fully saturated rings. The molecule has 3 aliphatic rings. The van der Waals surface area contributed by atoms with Gasteiger partial charge in [0, 0.05) is 31.3 Å². The van der Waals surface area contributed by atoms with E-state index in [1.165, 1.54) is 6.42 Å². The van der Waals surface area contributed by atoms with E-state index >= 15 is 0 Å². The van der Waals surface area contributed by atoms with Crippen LogP contribution in [-0.4, -0.2) is 71.3 Å². The SMILES string of the molecule is CCN1CCC[C@H]1CN1C[C@H](C(=O)NC2=NCCS2)CC1=O. The van der Waals surface area contributed by atoms with Crippen LogP contribution in [0.1, 0.15) is 26.2 Å². The molecule has 0 aromatic heterocycles. The van der Waals surface area contributed by atoms with Gasteiger partial charge >= 0.3 is 0 Å². The number of rotatable bonds is 4. The van der Waals surface area contributed by atoms with Gasteiger partial charge in [0.2, 0.25) is 11.8 Å². The molecular formula is C15H24N4O2S. The Balaban J connectivity index is 1.52. The van der Waals surface area contributed by atoms with Crippen molar-refractivity contribution >= 4 is 28.7 Å². The molecular weight excluding hydrogens is 300 g/mol. The molecule has 2 amide bonds. The van der Waals surface area contributed by atoms with Gasteiger partial charge in [0.25, 0.3) is 0 Å². The van der Waals surface area contributed by atoms with Crippen LogP contribution < -0.4 is 5.32 Å². The van der Waals surface area contributed by atoms with Crippen molar-refractivity contribution in [1.82, 2.24) is 15.1 Å². The normalized spacial score (nSPS) is 29.2. The Morgan fingerprint density at radius 3 is 3.09 bits per heavy atom. The Labute approximate surface area is 135 Å². The van der Waals surface area contributed by atoms with Crippen LogP contribution in [-0.2, 0) is 9.59 Å². The van der Waals surface area contributed by atoms with Gasteiger partial charge in [0.15, 0.2) is 5.17 Å². The van der Waals surface area contributed by atoms with Crippen molar-refractivity contribution in [1.29, 1.82) is 0 Å². The van der Waals surface area contributed by atoms with E-state index in [0.717, 1.165) is 38.4 Å². The molecule has 3 rings (SSSR count). The number of amides is 2. The molecule has 2 saturated heterocycles. The lowest BCUT2D eigenvalue weighted by atomic mass is 10.1. The maximum absolute atomic E-state index is 12.3. The first-order valence-electron chi connectivity index (χ1n) is 8.17. The molecule has 2 atom stereocenters. The minimum absolute atomic E-state index is 0.0530. The topological polar surface area (TPSA) is 65.0 Å². The van der Waals surface area contributed by atoms with E-state index in [4.69, 9.17) is 0 Å². The van der Waals surface area contributed by atoms with Gasteiger partial charge < -0.3 is 10.2 Å². The highest BCUT2D eigenvalue weighted by molar-refractivity contribution is 8.14. The highest BCUT2D eigenvalue weighted by Gasteiger charge is 2.37. The average Bonchev–Trinajstić information content (AvgIpc) is 3.22. The molecule has 0 aliphatic carbocycles. The largest absolute Gasteiger partial charge is 0.340 e. The van der Waals surface area contributed by atoms with Crippen LogP contribution in [0.15, 0.2) is 4.99 Å². The molecule has 22 heavy (non-hydrogen) atoms. The number of thioether (sulfide) groups is 1. The fourth-order valence-electron chi connectivity index (χ4n) is 3.52. The molecule has 6 nitrogen and oxygen atoms in total. The monoisotopic (exact) mass is 324 g/mol. The van der Waals surface area contributed by atoms with Crippen molar-refractivity contribution in [3.8, 4) is 0 Å². The molecule has 0 spiro atoms. The maximum Gasteiger partial charge on any atom is 0.231 e. The van der Waals surface area contributed by atoms with Crippen LogP contribution in [0.25, 0.3) is 0 Å². The first-order chi connectivity index (χ1) is 10.7. The summed E-state index contributed by atoms with van der Waals surface area (Å²) in [5.41, 5.74) is 0. The number of carbonyl (C=O) groups is 2. The first-order valence-corrected chi connectivity index (χ1v) is 9.16. The Kier molecular flexibility index (Phi) is 5.03. The summed E-state index contributed by atoms with van der Waals surface area (Å²) in [6.45, 7) is 6.42. The summed E-state index contributed by atoms with van der Waals surface area (Å²) < 4.78 is 0. The van der Waals surface area contributed by atoms with Gasteiger partial charge in [-0.2, -0.15) is 0 Å². The Bertz CT molecular complexity index is 482. The summed E-state index contributed by atoms with van der Waals surface area (Å²) in [5, 5.41) is 3.57. The summed E-state index contributed by atoms with van der Waals surface area (Å²) in [7, 11) is 0. The molecule has 7 heteroatoms. The number of nitrogens with zero attached hydrogens (tertiary/aromatic N) is 3. The molecule has 0 aromatic rings. The van der Waals surface area contributed by atoms with Crippen molar-refractivity contribution in [3.63, 3.8) is 0 Å². The molecule has 3 heterocycles. The molecule has 0 bridgehead atoms. The second kappa shape index (κ2) is 7.00. The summed E-state index contributed by atoms with van der Waals surface area (Å²) in [5.74, 6) is 0.764. The van der Waals surface area contributed by atoms with Gasteiger partial charge in [0.05, 0.1) is 12.5 Å². The van der Waals surface area contributed by atoms with Crippen molar-refractivity contribution < 1.29 is 9.59 Å². The summed E-state index contributed by atoms with van der Waals surface area (Å²) >= 11 is 1.57. The van der Waals surface area contributed by atoms with E-state index < -0.39 is 0 Å². The summed E-state index contributed by atoms with van der Waals surface area (Å²) in [4.78, 5) is 33.0. The third-order valence-corrected chi connectivity index (χ3v) is 5.63. The smallest absolute Gasteiger partial charge is 0.231 e. The zero-order chi connectivity index (χ0) is 15.5. The lowest BCUT2D eigenvalue weighted by molar-refractivity contribution is -0.129. The van der Waals surface area contributed by atoms with Gasteiger partial charge in [-0.1, -0.05) is 18.7 Å². The van der Waals surface area contributed by atoms with E-state index in [-0.39, 0.29) is 17.7 Å². The number of hydrogen-bond donors (Lipinski definition) is 1. The molecule has 122 valence electrons. The van der Waals surface area contributed by atoms with Gasteiger partial charge in [-0.25, -0.2) is 0 Å². The van der Waals surface area contributed by atoms with Crippen LogP contribution in [0.5, 0.6) is 0 Å². The zero-order valence-corrected chi connectivity index (χ0v) is 13.9. The van der Waals surface area contributed by atoms with Crippen LogP contribution in [0.3, 0.4) is 0 Å². The standard InChI is InChI=1S/C15H24N4O2S/c1-2-18-6-3-4-12(18)10-19-9-11(8-13(19)20)14(21)17-15-16-5-7-22-15/h11-12H,2-10H2,1H3,(H,16,17,21)/t11-,12+/m1/s1. The predicted molar refractivity (Wildman–Crippen MR) is 87.9 cm³/mol. The Morgan fingerprint density at radius 1 is 1.50 bits per heavy atom. The maximum atomic E-state index is 12.3. The van der Waals surface area contributed by atoms with Crippen LogP contribution in [0, 0.1) is 5.92 Å². The summed E-state index contributed by atoms with van der Waals surface area (Å²) in [6, 6.07) is 0.463. The van der Waals surface area contributed by atoms with E-state index in [1.54, 1.807) is 11.8 Å². The molecule has 0 unspecified atom stereocenters. The number of amidine groups is 1. The number of aliphatic imine (C=N–C) groups is 1. The average molecular weight is 324 g/mol. The van der Waals surface area contributed by atoms with E-state index in [2.05, 4.69) is 22.1 Å². The van der Waals surface area contributed by atoms with Crippen molar-refractivity contribution in [2.75, 3.05) is 38.5 Å². The molecule has 0 saturated carbocycles. The van der Waals surface area contributed by atoms with E-state index in [0.29, 0.717) is 24.2 Å².